The number of allylic oxidation sites excluding steroid dienone is 7. The summed E-state index contributed by atoms with van der Waals surface area (Å²) in [6, 6.07) is 42.3. The summed E-state index contributed by atoms with van der Waals surface area (Å²) in [5.41, 5.74) is 13.8. The third-order valence-electron chi connectivity index (χ3n) is 9.73. The van der Waals surface area contributed by atoms with E-state index < -0.39 is 0 Å². The van der Waals surface area contributed by atoms with Gasteiger partial charge in [-0.2, -0.15) is 0 Å². The minimum atomic E-state index is 0.590. The number of halogens is 2. The van der Waals surface area contributed by atoms with Crippen LogP contribution in [0.15, 0.2) is 180 Å². The summed E-state index contributed by atoms with van der Waals surface area (Å²) in [7, 11) is 4.19. The van der Waals surface area contributed by atoms with Gasteiger partial charge >= 0.3 is 0 Å². The van der Waals surface area contributed by atoms with Crippen molar-refractivity contribution in [2.45, 2.75) is 20.0 Å². The molecular weight excluding hydrogens is 691 g/mol. The second-order valence-electron chi connectivity index (χ2n) is 13.2. The quantitative estimate of drug-likeness (QED) is 0.143. The number of benzene rings is 5. The molecule has 7 rings (SSSR count). The molecule has 0 bridgehead atoms. The number of rotatable bonds is 10. The maximum atomic E-state index is 6.16. The lowest BCUT2D eigenvalue weighted by Gasteiger charge is -2.34. The summed E-state index contributed by atoms with van der Waals surface area (Å²) >= 11 is 12.3. The molecule has 1 aliphatic carbocycles. The van der Waals surface area contributed by atoms with Crippen LogP contribution in [0.3, 0.4) is 0 Å². The van der Waals surface area contributed by atoms with Crippen molar-refractivity contribution >= 4 is 51.7 Å². The Hall–Kier alpha value is -5.55. The molecule has 264 valence electrons. The van der Waals surface area contributed by atoms with E-state index >= 15 is 0 Å². The van der Waals surface area contributed by atoms with Crippen LogP contribution in [-0.2, 0) is 13.1 Å². The fourth-order valence-electron chi connectivity index (χ4n) is 6.82. The van der Waals surface area contributed by atoms with Crippen LogP contribution in [0.25, 0.3) is 16.8 Å². The lowest BCUT2D eigenvalue weighted by atomic mass is 10.00. The Morgan fingerprint density at radius 1 is 0.717 bits per heavy atom. The summed E-state index contributed by atoms with van der Waals surface area (Å²) in [5, 5.41) is 1.46. The number of hydrogen-bond donors (Lipinski definition) is 0. The van der Waals surface area contributed by atoms with Crippen molar-refractivity contribution in [1.82, 2.24) is 0 Å². The Balaban J connectivity index is 1.03. The highest BCUT2D eigenvalue weighted by atomic mass is 35.5. The molecule has 53 heavy (non-hydrogen) atoms. The molecule has 0 N–H and O–H groups in total. The van der Waals surface area contributed by atoms with Crippen molar-refractivity contribution < 1.29 is 0 Å². The number of aliphatic imine (C=N–C) groups is 1. The lowest BCUT2D eigenvalue weighted by molar-refractivity contribution is 0.854. The number of fused-ring (bicyclic) bond motifs is 1. The lowest BCUT2D eigenvalue weighted by Crippen LogP contribution is -2.30. The van der Waals surface area contributed by atoms with Gasteiger partial charge in [-0.25, -0.2) is 0 Å². The van der Waals surface area contributed by atoms with E-state index in [-0.39, 0.29) is 0 Å². The number of likely N-dealkylation sites (N-methyl/N-ethyl adjacent to an activating group) is 1. The number of anilines is 3. The van der Waals surface area contributed by atoms with E-state index in [1.54, 1.807) is 0 Å². The van der Waals surface area contributed by atoms with Crippen LogP contribution in [0, 0.1) is 0 Å². The van der Waals surface area contributed by atoms with E-state index in [0.29, 0.717) is 6.54 Å². The smallest absolute Gasteiger partial charge is 0.0671 e. The first kappa shape index (κ1) is 35.8. The van der Waals surface area contributed by atoms with Gasteiger partial charge in [-0.05, 0) is 102 Å². The molecule has 0 radical (unpaired) electrons. The summed E-state index contributed by atoms with van der Waals surface area (Å²) in [4.78, 5) is 11.9. The van der Waals surface area contributed by atoms with Crippen molar-refractivity contribution in [2.24, 2.45) is 4.99 Å². The minimum Gasteiger partial charge on any atom is -0.363 e. The van der Waals surface area contributed by atoms with Gasteiger partial charge in [0.1, 0.15) is 0 Å². The predicted octanol–water partition coefficient (Wildman–Crippen LogP) is 12.2. The Morgan fingerprint density at radius 3 is 1.98 bits per heavy atom. The predicted molar refractivity (Wildman–Crippen MR) is 228 cm³/mol. The molecule has 0 unspecified atom stereocenters. The van der Waals surface area contributed by atoms with Gasteiger partial charge in [0, 0.05) is 76.8 Å². The average Bonchev–Trinajstić information content (AvgIpc) is 3.20. The normalized spacial score (nSPS) is 15.5. The topological polar surface area (TPSA) is 22.1 Å². The molecule has 0 amide bonds. The first-order chi connectivity index (χ1) is 25.9. The first-order valence-corrected chi connectivity index (χ1v) is 18.6. The molecule has 0 atom stereocenters. The van der Waals surface area contributed by atoms with Gasteiger partial charge in [-0.3, -0.25) is 4.99 Å². The van der Waals surface area contributed by atoms with Crippen LogP contribution in [0.4, 0.5) is 17.1 Å². The standard InChI is InChI=1S/C47H42Cl2N4/c1-4-9-45(51(2)40-26-22-38(48)23-27-40)42-10-5-7-12-44(42)50-32-34-14-18-36(19-15-34)37-20-16-35(17-21-37)33-53-31-30-46(43-11-6-8-13-47(43)53)52(3)41-28-24-39(49)25-29-41/h4-30H,31-33H2,1-3H3/b9-4-,45-42+,50-44+. The highest BCUT2D eigenvalue weighted by molar-refractivity contribution is 6.31. The second kappa shape index (κ2) is 16.4. The fraction of sp³-hybridized carbons (Fsp3) is 0.128. The molecule has 5 aromatic rings. The molecule has 0 fully saturated rings. The minimum absolute atomic E-state index is 0.590. The van der Waals surface area contributed by atoms with E-state index in [2.05, 4.69) is 150 Å². The van der Waals surface area contributed by atoms with Crippen LogP contribution >= 0.6 is 23.2 Å². The molecule has 4 nitrogen and oxygen atoms in total. The van der Waals surface area contributed by atoms with Crippen LogP contribution in [0.1, 0.15) is 23.6 Å². The fourth-order valence-corrected chi connectivity index (χ4v) is 7.07. The van der Waals surface area contributed by atoms with Gasteiger partial charge < -0.3 is 14.7 Å². The summed E-state index contributed by atoms with van der Waals surface area (Å²) in [6.45, 7) is 4.29. The zero-order valence-electron chi connectivity index (χ0n) is 30.3. The van der Waals surface area contributed by atoms with Gasteiger partial charge in [0.25, 0.3) is 0 Å². The molecule has 0 saturated carbocycles. The van der Waals surface area contributed by atoms with Crippen LogP contribution in [0.2, 0.25) is 10.0 Å². The second-order valence-corrected chi connectivity index (χ2v) is 14.0. The molecular formula is C47H42Cl2N4. The Bertz CT molecular complexity index is 2240. The summed E-state index contributed by atoms with van der Waals surface area (Å²) < 4.78 is 0. The largest absolute Gasteiger partial charge is 0.363 e. The van der Waals surface area contributed by atoms with E-state index in [1.807, 2.05) is 49.4 Å². The van der Waals surface area contributed by atoms with Gasteiger partial charge in [0.15, 0.2) is 0 Å². The van der Waals surface area contributed by atoms with Crippen molar-refractivity contribution in [3.63, 3.8) is 0 Å². The molecule has 2 aliphatic rings. The van der Waals surface area contributed by atoms with Gasteiger partial charge in [-0.1, -0.05) is 114 Å². The molecule has 1 heterocycles. The van der Waals surface area contributed by atoms with Crippen molar-refractivity contribution in [2.75, 3.05) is 35.3 Å². The van der Waals surface area contributed by atoms with Gasteiger partial charge in [-0.15, -0.1) is 0 Å². The first-order valence-electron chi connectivity index (χ1n) is 17.9. The highest BCUT2D eigenvalue weighted by Crippen LogP contribution is 2.36. The van der Waals surface area contributed by atoms with E-state index in [4.69, 9.17) is 28.2 Å². The maximum absolute atomic E-state index is 6.16. The maximum Gasteiger partial charge on any atom is 0.0671 e. The number of nitrogens with zero attached hydrogens (tertiary/aromatic N) is 4. The Kier molecular flexibility index (Phi) is 11.1. The van der Waals surface area contributed by atoms with Gasteiger partial charge in [0.2, 0.25) is 0 Å². The third kappa shape index (κ3) is 8.25. The Labute approximate surface area is 323 Å². The van der Waals surface area contributed by atoms with E-state index in [1.165, 1.54) is 33.6 Å². The van der Waals surface area contributed by atoms with E-state index in [0.717, 1.165) is 57.1 Å². The molecule has 1 aliphatic heterocycles. The molecule has 5 aromatic carbocycles. The van der Waals surface area contributed by atoms with Crippen molar-refractivity contribution in [3.8, 4) is 11.1 Å². The van der Waals surface area contributed by atoms with Crippen LogP contribution in [0.5, 0.6) is 0 Å². The summed E-state index contributed by atoms with van der Waals surface area (Å²) in [6.07, 6.45) is 14.8. The zero-order chi connectivity index (χ0) is 36.7. The van der Waals surface area contributed by atoms with E-state index in [9.17, 15) is 0 Å². The SMILES string of the molecule is C\C=C/C(=C1/C=CC=C/C1=N\Cc1ccc(-c2ccc(CN3CC=C(N(C)c4ccc(Cl)cc4)c4ccccc43)cc2)cc1)N(C)c1ccc(Cl)cc1. The highest BCUT2D eigenvalue weighted by Gasteiger charge is 2.22. The molecule has 6 heteroatoms. The zero-order valence-corrected chi connectivity index (χ0v) is 31.8. The van der Waals surface area contributed by atoms with Crippen molar-refractivity contribution in [1.29, 1.82) is 0 Å². The number of para-hydroxylation sites is 1. The van der Waals surface area contributed by atoms with Gasteiger partial charge in [0.05, 0.1) is 12.3 Å². The third-order valence-corrected chi connectivity index (χ3v) is 10.2. The molecule has 0 spiro atoms. The van der Waals surface area contributed by atoms with Crippen LogP contribution < -0.4 is 14.7 Å². The molecule has 0 aromatic heterocycles. The van der Waals surface area contributed by atoms with Crippen LogP contribution in [-0.4, -0.2) is 26.4 Å². The average molecular weight is 734 g/mol. The molecule has 0 saturated heterocycles. The monoisotopic (exact) mass is 732 g/mol. The van der Waals surface area contributed by atoms with Crippen molar-refractivity contribution in [3.05, 3.63) is 202 Å². The summed E-state index contributed by atoms with van der Waals surface area (Å²) in [5.74, 6) is 0. The Morgan fingerprint density at radius 2 is 1.32 bits per heavy atom. The number of hydrogen-bond acceptors (Lipinski definition) is 4.